The second-order valence-corrected chi connectivity index (χ2v) is 5.90. The van der Waals surface area contributed by atoms with Gasteiger partial charge in [-0.05, 0) is 43.4 Å². The topological polar surface area (TPSA) is 32.3 Å². The zero-order chi connectivity index (χ0) is 14.5. The van der Waals surface area contributed by atoms with Gasteiger partial charge < -0.3 is 10.2 Å². The van der Waals surface area contributed by atoms with Crippen molar-refractivity contribution in [1.29, 1.82) is 0 Å². The van der Waals surface area contributed by atoms with E-state index in [9.17, 15) is 4.79 Å². The lowest BCUT2D eigenvalue weighted by atomic mass is 9.98. The van der Waals surface area contributed by atoms with Gasteiger partial charge >= 0.3 is 0 Å². The molecule has 1 amide bonds. The molecule has 0 bridgehead atoms. The van der Waals surface area contributed by atoms with Crippen LogP contribution in [0.5, 0.6) is 0 Å². The van der Waals surface area contributed by atoms with Gasteiger partial charge in [-0.3, -0.25) is 4.79 Å². The highest BCUT2D eigenvalue weighted by Gasteiger charge is 2.16. The highest BCUT2D eigenvalue weighted by atomic mass is 16.1. The van der Waals surface area contributed by atoms with Crippen molar-refractivity contribution >= 4 is 11.6 Å². The predicted octanol–water partition coefficient (Wildman–Crippen LogP) is 3.51. The van der Waals surface area contributed by atoms with E-state index in [1.807, 2.05) is 13.8 Å². The summed E-state index contributed by atoms with van der Waals surface area (Å²) in [5.74, 6) is 0.960. The molecule has 1 aliphatic heterocycles. The molecule has 0 aromatic heterocycles. The van der Waals surface area contributed by atoms with E-state index < -0.39 is 0 Å². The summed E-state index contributed by atoms with van der Waals surface area (Å²) >= 11 is 0. The smallest absolute Gasteiger partial charge is 0.220 e. The second-order valence-electron chi connectivity index (χ2n) is 5.90. The van der Waals surface area contributed by atoms with Crippen molar-refractivity contribution in [3.05, 3.63) is 29.8 Å². The molecule has 110 valence electrons. The molecule has 3 heteroatoms. The van der Waals surface area contributed by atoms with E-state index in [0.717, 1.165) is 19.0 Å². The lowest BCUT2D eigenvalue weighted by Gasteiger charge is -2.32. The molecule has 2 rings (SSSR count). The molecule has 1 heterocycles. The first-order chi connectivity index (χ1) is 9.60. The number of carbonyl (C=O) groups is 1. The Morgan fingerprint density at radius 3 is 2.45 bits per heavy atom. The van der Waals surface area contributed by atoms with Crippen LogP contribution in [0.3, 0.4) is 0 Å². The number of rotatable bonds is 4. The van der Waals surface area contributed by atoms with Crippen molar-refractivity contribution in [3.8, 4) is 0 Å². The first-order valence-corrected chi connectivity index (χ1v) is 7.74. The number of amides is 1. The predicted molar refractivity (Wildman–Crippen MR) is 83.9 cm³/mol. The standard InChI is InChI=1S/C17H26N2O/c1-4-17(20)18-14(3)15-5-7-16(8-6-15)19-11-9-13(2)10-12-19/h5-8,13-14H,4,9-12H2,1-3H3,(H,18,20). The Bertz CT molecular complexity index is 433. The van der Waals surface area contributed by atoms with Crippen LogP contribution >= 0.6 is 0 Å². The van der Waals surface area contributed by atoms with Crippen LogP contribution in [0.4, 0.5) is 5.69 Å². The third kappa shape index (κ3) is 3.75. The highest BCUT2D eigenvalue weighted by molar-refractivity contribution is 5.76. The molecule has 3 nitrogen and oxygen atoms in total. The molecule has 1 saturated heterocycles. The molecule has 0 aliphatic carbocycles. The number of anilines is 1. The second kappa shape index (κ2) is 6.78. The van der Waals surface area contributed by atoms with E-state index in [4.69, 9.17) is 0 Å². The number of carbonyl (C=O) groups excluding carboxylic acids is 1. The molecule has 20 heavy (non-hydrogen) atoms. The minimum absolute atomic E-state index is 0.0814. The lowest BCUT2D eigenvalue weighted by molar-refractivity contribution is -0.121. The lowest BCUT2D eigenvalue weighted by Crippen LogP contribution is -2.32. The number of hydrogen-bond donors (Lipinski definition) is 1. The van der Waals surface area contributed by atoms with E-state index in [1.165, 1.54) is 24.1 Å². The van der Waals surface area contributed by atoms with Crippen LogP contribution in [0, 0.1) is 5.92 Å². The number of nitrogens with one attached hydrogen (secondary N) is 1. The van der Waals surface area contributed by atoms with Gasteiger partial charge in [0.1, 0.15) is 0 Å². The van der Waals surface area contributed by atoms with Crippen molar-refractivity contribution in [2.45, 2.75) is 46.1 Å². The normalized spacial score (nSPS) is 17.9. The summed E-state index contributed by atoms with van der Waals surface area (Å²) in [7, 11) is 0. The monoisotopic (exact) mass is 274 g/mol. The summed E-state index contributed by atoms with van der Waals surface area (Å²) in [4.78, 5) is 13.9. The van der Waals surface area contributed by atoms with Gasteiger partial charge in [-0.25, -0.2) is 0 Å². The quantitative estimate of drug-likeness (QED) is 0.911. The molecule has 1 aliphatic rings. The maximum Gasteiger partial charge on any atom is 0.220 e. The third-order valence-corrected chi connectivity index (χ3v) is 4.24. The summed E-state index contributed by atoms with van der Waals surface area (Å²) in [5, 5.41) is 3.00. The van der Waals surface area contributed by atoms with Gasteiger partial charge in [-0.2, -0.15) is 0 Å². The van der Waals surface area contributed by atoms with Gasteiger partial charge in [0.25, 0.3) is 0 Å². The molecule has 1 fully saturated rings. The Labute approximate surface area is 122 Å². The van der Waals surface area contributed by atoms with Gasteiger partial charge in [0.15, 0.2) is 0 Å². The number of nitrogens with zero attached hydrogens (tertiary/aromatic N) is 1. The average molecular weight is 274 g/mol. The molecular weight excluding hydrogens is 248 g/mol. The Morgan fingerprint density at radius 1 is 1.30 bits per heavy atom. The minimum Gasteiger partial charge on any atom is -0.372 e. The number of hydrogen-bond acceptors (Lipinski definition) is 2. The molecular formula is C17H26N2O. The van der Waals surface area contributed by atoms with Crippen molar-refractivity contribution in [1.82, 2.24) is 5.32 Å². The fourth-order valence-electron chi connectivity index (χ4n) is 2.67. The van der Waals surface area contributed by atoms with E-state index in [-0.39, 0.29) is 11.9 Å². The van der Waals surface area contributed by atoms with Crippen molar-refractivity contribution < 1.29 is 4.79 Å². The highest BCUT2D eigenvalue weighted by Crippen LogP contribution is 2.24. The SMILES string of the molecule is CCC(=O)NC(C)c1ccc(N2CCC(C)CC2)cc1. The van der Waals surface area contributed by atoms with Crippen LogP contribution in [-0.4, -0.2) is 19.0 Å². The summed E-state index contributed by atoms with van der Waals surface area (Å²) < 4.78 is 0. The average Bonchev–Trinajstić information content (AvgIpc) is 2.48. The van der Waals surface area contributed by atoms with Crippen LogP contribution in [-0.2, 0) is 4.79 Å². The third-order valence-electron chi connectivity index (χ3n) is 4.24. The molecule has 0 spiro atoms. The largest absolute Gasteiger partial charge is 0.372 e. The summed E-state index contributed by atoms with van der Waals surface area (Å²) in [5.41, 5.74) is 2.47. The Hall–Kier alpha value is -1.51. The molecule has 1 aromatic carbocycles. The van der Waals surface area contributed by atoms with Gasteiger partial charge in [0, 0.05) is 25.2 Å². The first-order valence-electron chi connectivity index (χ1n) is 7.74. The van der Waals surface area contributed by atoms with Gasteiger partial charge in [0.05, 0.1) is 6.04 Å². The van der Waals surface area contributed by atoms with E-state index in [2.05, 4.69) is 41.4 Å². The van der Waals surface area contributed by atoms with Crippen LogP contribution in [0.15, 0.2) is 24.3 Å². The molecule has 0 saturated carbocycles. The maximum atomic E-state index is 11.4. The molecule has 1 aromatic rings. The Balaban J connectivity index is 1.97. The molecule has 1 N–H and O–H groups in total. The molecule has 1 unspecified atom stereocenters. The fraction of sp³-hybridized carbons (Fsp3) is 0.588. The van der Waals surface area contributed by atoms with Crippen molar-refractivity contribution in [2.75, 3.05) is 18.0 Å². The van der Waals surface area contributed by atoms with Crippen LogP contribution < -0.4 is 10.2 Å². The molecule has 0 radical (unpaired) electrons. The Kier molecular flexibility index (Phi) is 5.05. The van der Waals surface area contributed by atoms with Gasteiger partial charge in [-0.15, -0.1) is 0 Å². The van der Waals surface area contributed by atoms with Crippen LogP contribution in [0.1, 0.15) is 51.6 Å². The Morgan fingerprint density at radius 2 is 1.90 bits per heavy atom. The summed E-state index contributed by atoms with van der Waals surface area (Å²) in [6.45, 7) is 8.55. The zero-order valence-electron chi connectivity index (χ0n) is 12.9. The van der Waals surface area contributed by atoms with Crippen molar-refractivity contribution in [3.63, 3.8) is 0 Å². The van der Waals surface area contributed by atoms with E-state index >= 15 is 0 Å². The number of piperidine rings is 1. The maximum absolute atomic E-state index is 11.4. The summed E-state index contributed by atoms with van der Waals surface area (Å²) in [6.07, 6.45) is 3.10. The molecule has 1 atom stereocenters. The number of benzene rings is 1. The first kappa shape index (κ1) is 14.9. The van der Waals surface area contributed by atoms with Gasteiger partial charge in [-0.1, -0.05) is 26.0 Å². The minimum atomic E-state index is 0.0814. The van der Waals surface area contributed by atoms with Crippen molar-refractivity contribution in [2.24, 2.45) is 5.92 Å². The van der Waals surface area contributed by atoms with E-state index in [1.54, 1.807) is 0 Å². The van der Waals surface area contributed by atoms with Crippen LogP contribution in [0.25, 0.3) is 0 Å². The summed E-state index contributed by atoms with van der Waals surface area (Å²) in [6, 6.07) is 8.71. The fourth-order valence-corrected chi connectivity index (χ4v) is 2.67. The van der Waals surface area contributed by atoms with E-state index in [0.29, 0.717) is 6.42 Å². The zero-order valence-corrected chi connectivity index (χ0v) is 12.9. The van der Waals surface area contributed by atoms with Crippen LogP contribution in [0.2, 0.25) is 0 Å². The van der Waals surface area contributed by atoms with Gasteiger partial charge in [0.2, 0.25) is 5.91 Å².